The summed E-state index contributed by atoms with van der Waals surface area (Å²) in [6.45, 7) is 10.3. The maximum atomic E-state index is 11.9. The molecular formula is C19H37IN4O4. The quantitative estimate of drug-likeness (QED) is 0.236. The molecule has 2 heterocycles. The van der Waals surface area contributed by atoms with Gasteiger partial charge in [-0.2, -0.15) is 0 Å². The number of ether oxygens (including phenoxy) is 3. The lowest BCUT2D eigenvalue weighted by molar-refractivity contribution is 0.0168. The monoisotopic (exact) mass is 512 g/mol. The van der Waals surface area contributed by atoms with Crippen molar-refractivity contribution in [1.82, 2.24) is 15.5 Å². The van der Waals surface area contributed by atoms with Crippen molar-refractivity contribution in [3.8, 4) is 0 Å². The van der Waals surface area contributed by atoms with E-state index >= 15 is 0 Å². The molecule has 0 saturated carbocycles. The predicted molar refractivity (Wildman–Crippen MR) is 121 cm³/mol. The van der Waals surface area contributed by atoms with E-state index in [0.717, 1.165) is 57.9 Å². The minimum absolute atomic E-state index is 0. The zero-order chi connectivity index (χ0) is 19.7. The summed E-state index contributed by atoms with van der Waals surface area (Å²) in [5, 5.41) is 6.31. The number of rotatable bonds is 7. The van der Waals surface area contributed by atoms with Crippen molar-refractivity contribution >= 4 is 36.0 Å². The summed E-state index contributed by atoms with van der Waals surface area (Å²) in [5.41, 5.74) is -0.480. The second kappa shape index (κ2) is 12.7. The van der Waals surface area contributed by atoms with Crippen LogP contribution in [0, 0.1) is 0 Å². The fourth-order valence-corrected chi connectivity index (χ4v) is 3.24. The minimum Gasteiger partial charge on any atom is -0.444 e. The van der Waals surface area contributed by atoms with Crippen molar-refractivity contribution in [3.05, 3.63) is 0 Å². The van der Waals surface area contributed by atoms with Crippen molar-refractivity contribution < 1.29 is 19.0 Å². The first-order valence-corrected chi connectivity index (χ1v) is 10.0. The van der Waals surface area contributed by atoms with E-state index in [1.54, 1.807) is 7.05 Å². The number of hydrogen-bond donors (Lipinski definition) is 2. The molecule has 0 aromatic carbocycles. The van der Waals surface area contributed by atoms with E-state index < -0.39 is 5.60 Å². The largest absolute Gasteiger partial charge is 0.444 e. The van der Waals surface area contributed by atoms with Crippen LogP contribution in [-0.4, -0.2) is 81.2 Å². The second-order valence-corrected chi connectivity index (χ2v) is 8.12. The molecule has 0 spiro atoms. The number of guanidine groups is 1. The van der Waals surface area contributed by atoms with Crippen LogP contribution in [0.2, 0.25) is 0 Å². The van der Waals surface area contributed by atoms with Crippen LogP contribution in [0.15, 0.2) is 4.99 Å². The Morgan fingerprint density at radius 3 is 2.75 bits per heavy atom. The van der Waals surface area contributed by atoms with E-state index in [1.165, 1.54) is 0 Å². The standard InChI is InChI=1S/C19H36N4O4.HI/c1-19(2,3)27-18(24)22-15-8-10-23(13-15)17(20-4)21-9-6-11-25-14-16-7-5-12-26-16;/h15-16H,5-14H2,1-4H3,(H,20,21)(H,22,24);1H. The third-order valence-electron chi connectivity index (χ3n) is 4.50. The minimum atomic E-state index is -0.480. The summed E-state index contributed by atoms with van der Waals surface area (Å²) >= 11 is 0. The summed E-state index contributed by atoms with van der Waals surface area (Å²) in [4.78, 5) is 18.4. The molecule has 2 aliphatic heterocycles. The number of nitrogens with zero attached hydrogens (tertiary/aromatic N) is 2. The molecule has 0 aromatic rings. The van der Waals surface area contributed by atoms with E-state index in [0.29, 0.717) is 13.2 Å². The molecule has 0 radical (unpaired) electrons. The lowest BCUT2D eigenvalue weighted by atomic mass is 10.2. The highest BCUT2D eigenvalue weighted by atomic mass is 127. The lowest BCUT2D eigenvalue weighted by Crippen LogP contribution is -2.44. The Morgan fingerprint density at radius 2 is 2.11 bits per heavy atom. The maximum Gasteiger partial charge on any atom is 0.407 e. The van der Waals surface area contributed by atoms with Crippen molar-refractivity contribution in [2.75, 3.05) is 46.5 Å². The Labute approximate surface area is 186 Å². The molecule has 2 N–H and O–H groups in total. The highest BCUT2D eigenvalue weighted by Gasteiger charge is 2.27. The first kappa shape index (κ1) is 25.2. The van der Waals surface area contributed by atoms with Crippen LogP contribution < -0.4 is 10.6 Å². The van der Waals surface area contributed by atoms with Crippen LogP contribution in [-0.2, 0) is 14.2 Å². The van der Waals surface area contributed by atoms with Crippen LogP contribution in [0.3, 0.4) is 0 Å². The Kier molecular flexibility index (Phi) is 11.4. The number of aliphatic imine (C=N–C) groups is 1. The molecule has 2 unspecified atom stereocenters. The van der Waals surface area contributed by atoms with Crippen molar-refractivity contribution in [1.29, 1.82) is 0 Å². The molecular weight excluding hydrogens is 475 g/mol. The molecule has 2 rings (SSSR count). The van der Waals surface area contributed by atoms with Gasteiger partial charge < -0.3 is 29.7 Å². The molecule has 2 aliphatic rings. The number of alkyl carbamates (subject to hydrolysis) is 1. The van der Waals surface area contributed by atoms with Gasteiger partial charge in [0.15, 0.2) is 5.96 Å². The smallest absolute Gasteiger partial charge is 0.407 e. The van der Waals surface area contributed by atoms with Gasteiger partial charge in [-0.3, -0.25) is 4.99 Å². The molecule has 28 heavy (non-hydrogen) atoms. The average Bonchev–Trinajstić information content (AvgIpc) is 3.24. The number of amides is 1. The Balaban J connectivity index is 0.00000392. The van der Waals surface area contributed by atoms with Gasteiger partial charge in [0, 0.05) is 39.9 Å². The third-order valence-corrected chi connectivity index (χ3v) is 4.50. The summed E-state index contributed by atoms with van der Waals surface area (Å²) in [7, 11) is 1.78. The van der Waals surface area contributed by atoms with Gasteiger partial charge in [0.05, 0.1) is 18.8 Å². The van der Waals surface area contributed by atoms with Crippen LogP contribution in [0.25, 0.3) is 0 Å². The second-order valence-electron chi connectivity index (χ2n) is 8.12. The summed E-state index contributed by atoms with van der Waals surface area (Å²) in [5.74, 6) is 0.864. The normalized spacial score (nSPS) is 22.7. The first-order chi connectivity index (χ1) is 12.9. The highest BCUT2D eigenvalue weighted by molar-refractivity contribution is 14.0. The van der Waals surface area contributed by atoms with Gasteiger partial charge in [0.2, 0.25) is 0 Å². The Hall–Kier alpha value is -0.810. The fourth-order valence-electron chi connectivity index (χ4n) is 3.24. The molecule has 1 amide bonds. The van der Waals surface area contributed by atoms with Crippen molar-refractivity contribution in [3.63, 3.8) is 0 Å². The molecule has 9 heteroatoms. The fraction of sp³-hybridized carbons (Fsp3) is 0.895. The molecule has 8 nitrogen and oxygen atoms in total. The van der Waals surface area contributed by atoms with Crippen LogP contribution in [0.1, 0.15) is 46.5 Å². The number of nitrogens with one attached hydrogen (secondary N) is 2. The average molecular weight is 512 g/mol. The molecule has 0 aliphatic carbocycles. The van der Waals surface area contributed by atoms with E-state index in [2.05, 4.69) is 20.5 Å². The van der Waals surface area contributed by atoms with Gasteiger partial charge in [0.25, 0.3) is 0 Å². The lowest BCUT2D eigenvalue weighted by Gasteiger charge is -2.23. The van der Waals surface area contributed by atoms with Crippen LogP contribution >= 0.6 is 24.0 Å². The van der Waals surface area contributed by atoms with Gasteiger partial charge in [0.1, 0.15) is 5.60 Å². The van der Waals surface area contributed by atoms with Gasteiger partial charge in [-0.1, -0.05) is 0 Å². The number of carbonyl (C=O) groups is 1. The number of hydrogen-bond acceptors (Lipinski definition) is 5. The predicted octanol–water partition coefficient (Wildman–Crippen LogP) is 2.36. The van der Waals surface area contributed by atoms with Crippen molar-refractivity contribution in [2.24, 2.45) is 4.99 Å². The van der Waals surface area contributed by atoms with Gasteiger partial charge in [-0.05, 0) is 46.5 Å². The Bertz CT molecular complexity index is 493. The summed E-state index contributed by atoms with van der Waals surface area (Å²) in [6.07, 6.45) is 3.97. The number of halogens is 1. The molecule has 2 saturated heterocycles. The Morgan fingerprint density at radius 1 is 1.32 bits per heavy atom. The topological polar surface area (TPSA) is 84.4 Å². The SMILES string of the molecule is CN=C(NCCCOCC1CCCO1)N1CCC(NC(=O)OC(C)(C)C)C1.I. The summed E-state index contributed by atoms with van der Waals surface area (Å²) in [6, 6.07) is 0.0770. The van der Waals surface area contributed by atoms with Crippen molar-refractivity contribution in [2.45, 2.75) is 64.2 Å². The van der Waals surface area contributed by atoms with E-state index in [1.807, 2.05) is 20.8 Å². The zero-order valence-corrected chi connectivity index (χ0v) is 20.0. The molecule has 2 atom stereocenters. The maximum absolute atomic E-state index is 11.9. The molecule has 0 bridgehead atoms. The molecule has 164 valence electrons. The van der Waals surface area contributed by atoms with Gasteiger partial charge in [-0.25, -0.2) is 4.79 Å². The van der Waals surface area contributed by atoms with E-state index in [4.69, 9.17) is 14.2 Å². The first-order valence-electron chi connectivity index (χ1n) is 10.0. The third kappa shape index (κ3) is 9.60. The summed E-state index contributed by atoms with van der Waals surface area (Å²) < 4.78 is 16.5. The molecule has 0 aromatic heterocycles. The van der Waals surface area contributed by atoms with Gasteiger partial charge >= 0.3 is 6.09 Å². The van der Waals surface area contributed by atoms with E-state index in [-0.39, 0.29) is 42.2 Å². The van der Waals surface area contributed by atoms with E-state index in [9.17, 15) is 4.79 Å². The number of likely N-dealkylation sites (tertiary alicyclic amines) is 1. The molecule has 2 fully saturated rings. The van der Waals surface area contributed by atoms with Gasteiger partial charge in [-0.15, -0.1) is 24.0 Å². The van der Waals surface area contributed by atoms with Crippen LogP contribution in [0.5, 0.6) is 0 Å². The zero-order valence-electron chi connectivity index (χ0n) is 17.7. The number of carbonyl (C=O) groups excluding carboxylic acids is 1. The van der Waals surface area contributed by atoms with Crippen LogP contribution in [0.4, 0.5) is 4.79 Å². The highest BCUT2D eigenvalue weighted by Crippen LogP contribution is 2.13.